The van der Waals surface area contributed by atoms with E-state index in [9.17, 15) is 9.59 Å². The van der Waals surface area contributed by atoms with Crippen LogP contribution < -0.4 is 10.6 Å². The van der Waals surface area contributed by atoms with E-state index in [1.807, 2.05) is 6.92 Å². The van der Waals surface area contributed by atoms with Gasteiger partial charge < -0.3 is 20.0 Å². The number of hydrogen-bond donors (Lipinski definition) is 2. The van der Waals surface area contributed by atoms with Crippen LogP contribution in [0.5, 0.6) is 0 Å². The van der Waals surface area contributed by atoms with Gasteiger partial charge >= 0.3 is 6.03 Å². The van der Waals surface area contributed by atoms with Crippen molar-refractivity contribution in [3.8, 4) is 0 Å². The lowest BCUT2D eigenvalue weighted by Crippen LogP contribution is -2.52. The summed E-state index contributed by atoms with van der Waals surface area (Å²) < 4.78 is 6.07. The Labute approximate surface area is 163 Å². The van der Waals surface area contributed by atoms with Crippen molar-refractivity contribution in [2.75, 3.05) is 18.9 Å². The Morgan fingerprint density at radius 3 is 2.74 bits per heavy atom. The molecule has 3 amide bonds. The Morgan fingerprint density at radius 1 is 1.30 bits per heavy atom. The van der Waals surface area contributed by atoms with E-state index >= 15 is 0 Å². The summed E-state index contributed by atoms with van der Waals surface area (Å²) in [5.74, 6) is 0.150. The van der Waals surface area contributed by atoms with Gasteiger partial charge in [-0.1, -0.05) is 37.8 Å². The Hall–Kier alpha value is -2.21. The van der Waals surface area contributed by atoms with Crippen LogP contribution in [0.1, 0.15) is 61.6 Å². The number of halogens is 1. The summed E-state index contributed by atoms with van der Waals surface area (Å²) in [5, 5.41) is 7.22. The fraction of sp³-hybridized carbons (Fsp3) is 0.500. The molecule has 0 atom stereocenters. The number of rotatable bonds is 3. The van der Waals surface area contributed by atoms with Crippen LogP contribution in [0.15, 0.2) is 16.5 Å². The number of hydrogen-bond acceptors (Lipinski definition) is 3. The second-order valence-electron chi connectivity index (χ2n) is 7.59. The highest BCUT2D eigenvalue weighted by atomic mass is 35.5. The highest BCUT2D eigenvalue weighted by Gasteiger charge is 2.43. The van der Waals surface area contributed by atoms with Crippen LogP contribution >= 0.6 is 11.6 Å². The molecule has 6 nitrogen and oxygen atoms in total. The van der Waals surface area contributed by atoms with Gasteiger partial charge in [-0.25, -0.2) is 4.79 Å². The number of nitrogens with zero attached hydrogens (tertiary/aromatic N) is 1. The first kappa shape index (κ1) is 18.2. The maximum absolute atomic E-state index is 12.7. The highest BCUT2D eigenvalue weighted by molar-refractivity contribution is 6.35. The molecule has 1 aromatic heterocycles. The van der Waals surface area contributed by atoms with Gasteiger partial charge in [0.25, 0.3) is 5.91 Å². The molecule has 0 unspecified atom stereocenters. The van der Waals surface area contributed by atoms with E-state index in [-0.39, 0.29) is 11.9 Å². The number of furan rings is 1. The molecule has 2 aromatic rings. The third kappa shape index (κ3) is 2.96. The zero-order chi connectivity index (χ0) is 19.2. The van der Waals surface area contributed by atoms with E-state index in [2.05, 4.69) is 10.6 Å². The number of carbonyl (C=O) groups excluding carboxylic acids is 2. The SMILES string of the molecule is CCCN(C)C(=O)c1cc2cc(Cl)c3c(c2o1)C1(CCCCC1)NC(=O)N3. The summed E-state index contributed by atoms with van der Waals surface area (Å²) >= 11 is 6.51. The average Bonchev–Trinajstić information content (AvgIpc) is 3.05. The van der Waals surface area contributed by atoms with E-state index in [1.54, 1.807) is 24.1 Å². The van der Waals surface area contributed by atoms with Gasteiger partial charge in [0, 0.05) is 24.5 Å². The molecule has 1 saturated carbocycles. The van der Waals surface area contributed by atoms with E-state index in [0.29, 0.717) is 28.6 Å². The molecule has 1 aliphatic carbocycles. The van der Waals surface area contributed by atoms with E-state index in [0.717, 1.165) is 49.5 Å². The number of benzene rings is 1. The number of fused-ring (bicyclic) bond motifs is 4. The molecule has 2 aliphatic rings. The summed E-state index contributed by atoms with van der Waals surface area (Å²) in [6, 6.07) is 3.28. The van der Waals surface area contributed by atoms with E-state index in [1.165, 1.54) is 0 Å². The van der Waals surface area contributed by atoms with Crippen molar-refractivity contribution in [3.05, 3.63) is 28.5 Å². The molecule has 2 heterocycles. The topological polar surface area (TPSA) is 74.6 Å². The molecular weight excluding hydrogens is 366 g/mol. The van der Waals surface area contributed by atoms with E-state index < -0.39 is 5.54 Å². The quantitative estimate of drug-likeness (QED) is 0.786. The normalized spacial score (nSPS) is 18.1. The summed E-state index contributed by atoms with van der Waals surface area (Å²) in [6.45, 7) is 2.69. The van der Waals surface area contributed by atoms with Crippen LogP contribution in [-0.2, 0) is 5.54 Å². The largest absolute Gasteiger partial charge is 0.450 e. The monoisotopic (exact) mass is 389 g/mol. The Balaban J connectivity index is 1.89. The predicted molar refractivity (Wildman–Crippen MR) is 105 cm³/mol. The van der Waals surface area contributed by atoms with Gasteiger partial charge in [0.15, 0.2) is 5.76 Å². The lowest BCUT2D eigenvalue weighted by Gasteiger charge is -2.42. The smallest absolute Gasteiger partial charge is 0.319 e. The first-order valence-electron chi connectivity index (χ1n) is 9.56. The van der Waals surface area contributed by atoms with Crippen LogP contribution in [0, 0.1) is 0 Å². The number of carbonyl (C=O) groups is 2. The number of anilines is 1. The number of amides is 3. The van der Waals surface area contributed by atoms with Crippen molar-refractivity contribution in [2.45, 2.75) is 51.0 Å². The minimum absolute atomic E-state index is 0.150. The van der Waals surface area contributed by atoms with Crippen molar-refractivity contribution in [1.82, 2.24) is 10.2 Å². The van der Waals surface area contributed by atoms with Gasteiger partial charge in [-0.15, -0.1) is 0 Å². The van der Waals surface area contributed by atoms with Gasteiger partial charge in [-0.3, -0.25) is 4.79 Å². The average molecular weight is 390 g/mol. The molecule has 27 heavy (non-hydrogen) atoms. The maximum atomic E-state index is 12.7. The molecule has 2 N–H and O–H groups in total. The molecule has 1 spiro atoms. The zero-order valence-corrected chi connectivity index (χ0v) is 16.4. The standard InChI is InChI=1S/C20H24ClN3O3/c1-3-9-24(2)18(25)14-11-12-10-13(21)16-15(17(12)27-14)20(23-19(26)22-16)7-5-4-6-8-20/h10-11H,3-9H2,1-2H3,(H2,22,23,26). The first-order valence-corrected chi connectivity index (χ1v) is 9.94. The summed E-state index contributed by atoms with van der Waals surface area (Å²) in [5.41, 5.74) is 1.62. The van der Waals surface area contributed by atoms with Crippen LogP contribution in [0.4, 0.5) is 10.5 Å². The highest BCUT2D eigenvalue weighted by Crippen LogP contribution is 2.48. The third-order valence-corrected chi connectivity index (χ3v) is 5.95. The molecule has 1 fully saturated rings. The van der Waals surface area contributed by atoms with Crippen LogP contribution in [0.25, 0.3) is 11.0 Å². The number of nitrogens with one attached hydrogen (secondary N) is 2. The van der Waals surface area contributed by atoms with Crippen LogP contribution in [0.2, 0.25) is 5.02 Å². The molecule has 1 aliphatic heterocycles. The summed E-state index contributed by atoms with van der Waals surface area (Å²) in [4.78, 5) is 26.6. The lowest BCUT2D eigenvalue weighted by molar-refractivity contribution is 0.0765. The molecule has 4 rings (SSSR count). The van der Waals surface area contributed by atoms with Gasteiger partial charge in [-0.05, 0) is 31.4 Å². The maximum Gasteiger partial charge on any atom is 0.319 e. The first-order chi connectivity index (χ1) is 12.9. The Kier molecular flexibility index (Phi) is 4.54. The third-order valence-electron chi connectivity index (χ3n) is 5.65. The fourth-order valence-corrected chi connectivity index (χ4v) is 4.67. The van der Waals surface area contributed by atoms with Gasteiger partial charge in [0.2, 0.25) is 0 Å². The minimum Gasteiger partial charge on any atom is -0.450 e. The zero-order valence-electron chi connectivity index (χ0n) is 15.7. The Morgan fingerprint density at radius 2 is 2.04 bits per heavy atom. The van der Waals surface area contributed by atoms with Crippen molar-refractivity contribution < 1.29 is 14.0 Å². The van der Waals surface area contributed by atoms with Crippen molar-refractivity contribution in [3.63, 3.8) is 0 Å². The van der Waals surface area contributed by atoms with Crippen molar-refractivity contribution in [2.24, 2.45) is 0 Å². The molecular formula is C20H24ClN3O3. The molecule has 144 valence electrons. The second-order valence-corrected chi connectivity index (χ2v) is 7.99. The molecule has 0 bridgehead atoms. The fourth-order valence-electron chi connectivity index (χ4n) is 4.41. The number of urea groups is 1. The molecule has 0 saturated heterocycles. The Bertz CT molecular complexity index is 915. The van der Waals surface area contributed by atoms with Crippen molar-refractivity contribution in [1.29, 1.82) is 0 Å². The van der Waals surface area contributed by atoms with Crippen molar-refractivity contribution >= 4 is 40.2 Å². The minimum atomic E-state index is -0.493. The predicted octanol–water partition coefficient (Wildman–Crippen LogP) is 4.86. The van der Waals surface area contributed by atoms with Crippen LogP contribution in [0.3, 0.4) is 0 Å². The van der Waals surface area contributed by atoms with E-state index in [4.69, 9.17) is 16.0 Å². The lowest BCUT2D eigenvalue weighted by atomic mass is 9.74. The summed E-state index contributed by atoms with van der Waals surface area (Å²) in [7, 11) is 1.77. The summed E-state index contributed by atoms with van der Waals surface area (Å²) in [6.07, 6.45) is 5.75. The molecule has 7 heteroatoms. The van der Waals surface area contributed by atoms with Gasteiger partial charge in [0.1, 0.15) is 5.58 Å². The van der Waals surface area contributed by atoms with Crippen LogP contribution in [-0.4, -0.2) is 30.4 Å². The van der Waals surface area contributed by atoms with Gasteiger partial charge in [0.05, 0.1) is 16.2 Å². The second kappa shape index (κ2) is 6.75. The molecule has 0 radical (unpaired) electrons. The van der Waals surface area contributed by atoms with Gasteiger partial charge in [-0.2, -0.15) is 0 Å². The molecule has 1 aromatic carbocycles.